The van der Waals surface area contributed by atoms with Crippen molar-refractivity contribution in [3.8, 4) is 0 Å². The lowest BCUT2D eigenvalue weighted by atomic mass is 9.73. The minimum Gasteiger partial charge on any atom is -0.452 e. The number of benzene rings is 1. The van der Waals surface area contributed by atoms with Crippen LogP contribution in [0.15, 0.2) is 30.3 Å². The predicted octanol–water partition coefficient (Wildman–Crippen LogP) is 7.46. The molecule has 2 fully saturated rings. The first kappa shape index (κ1) is 33.7. The normalized spacial score (nSPS) is 19.8. The molecule has 0 amide bonds. The van der Waals surface area contributed by atoms with E-state index >= 15 is 0 Å². The van der Waals surface area contributed by atoms with Gasteiger partial charge in [0.2, 0.25) is 0 Å². The number of likely N-dealkylation sites (N-methyl/N-ethyl adjacent to an activating group) is 1. The number of rotatable bonds is 16. The van der Waals surface area contributed by atoms with Crippen LogP contribution in [-0.4, -0.2) is 50.1 Å². The Hall–Kier alpha value is -1.48. The molecule has 1 saturated heterocycles. The fourth-order valence-corrected chi connectivity index (χ4v) is 6.74. The van der Waals surface area contributed by atoms with Crippen molar-refractivity contribution in [2.24, 2.45) is 5.92 Å². The number of hydrogen-bond donors (Lipinski definition) is 1. The molecule has 2 atom stereocenters. The number of ether oxygens (including phenoxy) is 1. The maximum absolute atomic E-state index is 12.0. The van der Waals surface area contributed by atoms with Crippen molar-refractivity contribution in [2.45, 2.75) is 128 Å². The highest BCUT2D eigenvalue weighted by Crippen LogP contribution is 2.49. The summed E-state index contributed by atoms with van der Waals surface area (Å²) in [7, 11) is -2.06. The Bertz CT molecular complexity index is 903. The summed E-state index contributed by atoms with van der Waals surface area (Å²) in [6.07, 6.45) is 19.0. The molecule has 1 aromatic carbocycles. The first-order valence-electron chi connectivity index (χ1n) is 15.3. The van der Waals surface area contributed by atoms with Gasteiger partial charge in [0, 0.05) is 12.8 Å². The summed E-state index contributed by atoms with van der Waals surface area (Å²) in [5.74, 6) is 0.278. The molecule has 1 aliphatic heterocycles. The van der Waals surface area contributed by atoms with Gasteiger partial charge in [0.1, 0.15) is 0 Å². The second kappa shape index (κ2) is 18.1. The van der Waals surface area contributed by atoms with E-state index in [2.05, 4.69) is 47.3 Å². The third kappa shape index (κ3) is 11.9. The monoisotopic (exact) mass is 567 g/mol. The lowest BCUT2D eigenvalue weighted by molar-refractivity contribution is -0.176. The summed E-state index contributed by atoms with van der Waals surface area (Å²) in [6.45, 7) is 4.96. The van der Waals surface area contributed by atoms with E-state index in [1.54, 1.807) is 6.92 Å². The number of nitrogens with zero attached hydrogens (tertiary/aromatic N) is 1. The van der Waals surface area contributed by atoms with Gasteiger partial charge in [-0.1, -0.05) is 108 Å². The SMILES string of the molecule is CC(=O)OC(c1ccccc1)(C1CCCC1)C1CCCN1C.CCCCCCCCCCCCOS(=O)(=O)O. The maximum Gasteiger partial charge on any atom is 0.397 e. The van der Waals surface area contributed by atoms with E-state index in [-0.39, 0.29) is 12.6 Å². The molecule has 8 heteroatoms. The van der Waals surface area contributed by atoms with Crippen LogP contribution in [0.3, 0.4) is 0 Å². The van der Waals surface area contributed by atoms with Gasteiger partial charge >= 0.3 is 16.4 Å². The first-order chi connectivity index (χ1) is 18.7. The van der Waals surface area contributed by atoms with E-state index in [9.17, 15) is 13.2 Å². The van der Waals surface area contributed by atoms with Gasteiger partial charge in [-0.3, -0.25) is 14.2 Å². The van der Waals surface area contributed by atoms with Gasteiger partial charge in [0.05, 0.1) is 12.6 Å². The zero-order valence-corrected chi connectivity index (χ0v) is 25.4. The highest BCUT2D eigenvalue weighted by Gasteiger charge is 2.53. The first-order valence-corrected chi connectivity index (χ1v) is 16.6. The van der Waals surface area contributed by atoms with E-state index in [1.165, 1.54) is 69.8 Å². The van der Waals surface area contributed by atoms with Gasteiger partial charge in [0.15, 0.2) is 5.60 Å². The molecule has 7 nitrogen and oxygen atoms in total. The topological polar surface area (TPSA) is 93.1 Å². The predicted molar refractivity (Wildman–Crippen MR) is 157 cm³/mol. The summed E-state index contributed by atoms with van der Waals surface area (Å²) in [4.78, 5) is 14.4. The number of unbranched alkanes of at least 4 members (excludes halogenated alkanes) is 9. The number of hydrogen-bond acceptors (Lipinski definition) is 6. The van der Waals surface area contributed by atoms with Crippen molar-refractivity contribution in [2.75, 3.05) is 20.2 Å². The molecule has 0 aromatic heterocycles. The molecule has 1 aromatic rings. The fraction of sp³-hybridized carbons (Fsp3) is 0.774. The van der Waals surface area contributed by atoms with E-state index in [4.69, 9.17) is 9.29 Å². The largest absolute Gasteiger partial charge is 0.452 e. The Morgan fingerprint density at radius 3 is 1.97 bits per heavy atom. The van der Waals surface area contributed by atoms with Crippen molar-refractivity contribution >= 4 is 16.4 Å². The van der Waals surface area contributed by atoms with Gasteiger partial charge in [-0.25, -0.2) is 4.18 Å². The Balaban J connectivity index is 0.000000285. The van der Waals surface area contributed by atoms with Crippen LogP contribution in [0.25, 0.3) is 0 Å². The summed E-state index contributed by atoms with van der Waals surface area (Å²) in [6, 6.07) is 10.8. The van der Waals surface area contributed by atoms with Crippen LogP contribution < -0.4 is 0 Å². The van der Waals surface area contributed by atoms with E-state index in [0.717, 1.165) is 38.6 Å². The van der Waals surface area contributed by atoms with Crippen molar-refractivity contribution in [1.82, 2.24) is 4.90 Å². The van der Waals surface area contributed by atoms with E-state index < -0.39 is 16.0 Å². The van der Waals surface area contributed by atoms with Gasteiger partial charge in [-0.05, 0) is 51.3 Å². The van der Waals surface area contributed by atoms with Gasteiger partial charge in [-0.2, -0.15) is 8.42 Å². The maximum atomic E-state index is 12.0. The minimum absolute atomic E-state index is 0.0926. The van der Waals surface area contributed by atoms with Crippen molar-refractivity contribution in [3.05, 3.63) is 35.9 Å². The van der Waals surface area contributed by atoms with Crippen LogP contribution in [0.5, 0.6) is 0 Å². The molecule has 0 bridgehead atoms. The molecule has 224 valence electrons. The van der Waals surface area contributed by atoms with E-state index in [0.29, 0.717) is 18.4 Å². The number of carbonyl (C=O) groups excluding carboxylic acids is 1. The smallest absolute Gasteiger partial charge is 0.397 e. The van der Waals surface area contributed by atoms with Crippen molar-refractivity contribution in [3.63, 3.8) is 0 Å². The van der Waals surface area contributed by atoms with Crippen LogP contribution in [0.2, 0.25) is 0 Å². The molecule has 1 heterocycles. The Labute approximate surface area is 238 Å². The zero-order valence-electron chi connectivity index (χ0n) is 24.6. The van der Waals surface area contributed by atoms with Crippen LogP contribution >= 0.6 is 0 Å². The third-order valence-corrected chi connectivity index (χ3v) is 8.71. The molecular weight excluding hydrogens is 514 g/mol. The van der Waals surface area contributed by atoms with E-state index in [1.807, 2.05) is 6.07 Å². The summed E-state index contributed by atoms with van der Waals surface area (Å²) >= 11 is 0. The Morgan fingerprint density at radius 1 is 0.923 bits per heavy atom. The molecule has 2 unspecified atom stereocenters. The second-order valence-corrected chi connectivity index (χ2v) is 12.4. The van der Waals surface area contributed by atoms with Crippen molar-refractivity contribution in [1.29, 1.82) is 0 Å². The van der Waals surface area contributed by atoms with Crippen LogP contribution in [0.4, 0.5) is 0 Å². The van der Waals surface area contributed by atoms with Crippen molar-refractivity contribution < 1.29 is 26.7 Å². The number of likely N-dealkylation sites (tertiary alicyclic amines) is 1. The highest BCUT2D eigenvalue weighted by atomic mass is 32.3. The van der Waals surface area contributed by atoms with Crippen LogP contribution in [-0.2, 0) is 29.7 Å². The van der Waals surface area contributed by atoms with Gasteiger partial charge in [-0.15, -0.1) is 0 Å². The molecule has 1 N–H and O–H groups in total. The Kier molecular flexibility index (Phi) is 15.6. The average molecular weight is 568 g/mol. The second-order valence-electron chi connectivity index (χ2n) is 11.3. The molecule has 2 aliphatic rings. The van der Waals surface area contributed by atoms with Gasteiger partial charge < -0.3 is 4.74 Å². The minimum atomic E-state index is -4.23. The number of esters is 1. The van der Waals surface area contributed by atoms with Gasteiger partial charge in [0.25, 0.3) is 0 Å². The summed E-state index contributed by atoms with van der Waals surface area (Å²) in [5.41, 5.74) is 0.699. The van der Waals surface area contributed by atoms with Crippen LogP contribution in [0, 0.1) is 5.92 Å². The molecule has 39 heavy (non-hydrogen) atoms. The number of carbonyl (C=O) groups is 1. The lowest BCUT2D eigenvalue weighted by Gasteiger charge is -2.45. The average Bonchev–Trinajstić information content (AvgIpc) is 3.59. The lowest BCUT2D eigenvalue weighted by Crippen LogP contribution is -2.53. The fourth-order valence-electron chi connectivity index (χ4n) is 6.41. The Morgan fingerprint density at radius 2 is 1.49 bits per heavy atom. The molecule has 0 radical (unpaired) electrons. The zero-order chi connectivity index (χ0) is 28.6. The summed E-state index contributed by atoms with van der Waals surface area (Å²) < 4.78 is 39.2. The standard InChI is InChI=1S/C19H27NO2.C12H26O4S/c1-15(21)22-19(17-11-6-7-12-17,16-9-4-3-5-10-16)18-13-8-14-20(18)2;1-2-3-4-5-6-7-8-9-10-11-12-16-17(13,14)15/h3-5,9-10,17-18H,6-8,11-14H2,1-2H3;2-12H2,1H3,(H,13,14,15). The molecule has 1 saturated carbocycles. The molecule has 1 aliphatic carbocycles. The molecule has 3 rings (SSSR count). The molecular formula is C31H53NO6S. The summed E-state index contributed by atoms with van der Waals surface area (Å²) in [5, 5.41) is 0. The third-order valence-electron chi connectivity index (χ3n) is 8.24. The quantitative estimate of drug-likeness (QED) is 0.126. The van der Waals surface area contributed by atoms with Crippen LogP contribution in [0.1, 0.15) is 122 Å². The highest BCUT2D eigenvalue weighted by molar-refractivity contribution is 7.80. The molecule has 0 spiro atoms.